The van der Waals surface area contributed by atoms with Crippen LogP contribution in [0.5, 0.6) is 5.75 Å². The lowest BCUT2D eigenvalue weighted by molar-refractivity contribution is 0.0980. The van der Waals surface area contributed by atoms with E-state index in [1.165, 1.54) is 0 Å². The van der Waals surface area contributed by atoms with Crippen molar-refractivity contribution >= 4 is 5.78 Å². The van der Waals surface area contributed by atoms with E-state index in [2.05, 4.69) is 5.92 Å². The van der Waals surface area contributed by atoms with Gasteiger partial charge >= 0.3 is 0 Å². The number of hydrogen-bond donors (Lipinski definition) is 0. The molecule has 0 fully saturated rings. The number of carbonyl (C=O) groups excluding carboxylic acids is 1. The molecule has 0 atom stereocenters. The van der Waals surface area contributed by atoms with Gasteiger partial charge in [0.25, 0.3) is 0 Å². The Morgan fingerprint density at radius 2 is 2.25 bits per heavy atom. The van der Waals surface area contributed by atoms with Gasteiger partial charge in [0, 0.05) is 12.8 Å². The highest BCUT2D eigenvalue weighted by Crippen LogP contribution is 2.24. The molecule has 0 saturated heterocycles. The van der Waals surface area contributed by atoms with Gasteiger partial charge in [-0.25, -0.2) is 0 Å². The average molecular weight is 216 g/mol. The predicted molar refractivity (Wildman–Crippen MR) is 64.7 cm³/mol. The molecular formula is C14H16O2. The van der Waals surface area contributed by atoms with Gasteiger partial charge in [0.2, 0.25) is 0 Å². The Morgan fingerprint density at radius 1 is 1.50 bits per heavy atom. The minimum atomic E-state index is 0.0464. The summed E-state index contributed by atoms with van der Waals surface area (Å²) in [6.07, 6.45) is 5.99. The molecule has 0 unspecified atom stereocenters. The fourth-order valence-corrected chi connectivity index (χ4v) is 1.53. The molecule has 0 spiro atoms. The summed E-state index contributed by atoms with van der Waals surface area (Å²) in [5.41, 5.74) is 1.62. The highest BCUT2D eigenvalue weighted by molar-refractivity contribution is 5.99. The summed E-state index contributed by atoms with van der Waals surface area (Å²) in [5, 5.41) is 0. The van der Waals surface area contributed by atoms with Crippen molar-refractivity contribution in [1.29, 1.82) is 0 Å². The number of carbonyl (C=O) groups is 1. The minimum absolute atomic E-state index is 0.0464. The van der Waals surface area contributed by atoms with E-state index in [0.717, 1.165) is 5.56 Å². The van der Waals surface area contributed by atoms with Crippen LogP contribution in [0.4, 0.5) is 0 Å². The maximum atomic E-state index is 11.9. The number of hydrogen-bond acceptors (Lipinski definition) is 2. The van der Waals surface area contributed by atoms with Gasteiger partial charge < -0.3 is 4.74 Å². The van der Waals surface area contributed by atoms with Crippen molar-refractivity contribution in [2.75, 3.05) is 6.61 Å². The number of para-hydroxylation sites is 1. The van der Waals surface area contributed by atoms with E-state index in [9.17, 15) is 4.79 Å². The van der Waals surface area contributed by atoms with E-state index >= 15 is 0 Å². The Labute approximate surface area is 96.6 Å². The standard InChI is InChI=1S/C14H16O2/c1-4-6-10-13(15)12-9-7-8-11(3)14(12)16-5-2/h1,7-9H,5-6,10H2,2-3H3. The number of ketones is 1. The molecule has 0 radical (unpaired) electrons. The van der Waals surface area contributed by atoms with Crippen LogP contribution < -0.4 is 4.74 Å². The molecule has 0 N–H and O–H groups in total. The van der Waals surface area contributed by atoms with Crippen LogP contribution in [0.2, 0.25) is 0 Å². The number of Topliss-reactive ketones (excluding diaryl/α,β-unsaturated/α-hetero) is 1. The van der Waals surface area contributed by atoms with E-state index in [0.29, 0.717) is 30.8 Å². The largest absolute Gasteiger partial charge is 0.493 e. The zero-order valence-corrected chi connectivity index (χ0v) is 9.75. The zero-order valence-electron chi connectivity index (χ0n) is 9.75. The van der Waals surface area contributed by atoms with Gasteiger partial charge in [-0.05, 0) is 25.5 Å². The third-order valence-corrected chi connectivity index (χ3v) is 2.30. The second-order valence-corrected chi connectivity index (χ2v) is 3.51. The van der Waals surface area contributed by atoms with Crippen molar-refractivity contribution in [2.45, 2.75) is 26.7 Å². The maximum Gasteiger partial charge on any atom is 0.167 e. The quantitative estimate of drug-likeness (QED) is 0.558. The third kappa shape index (κ3) is 2.87. The molecule has 0 aromatic heterocycles. The molecular weight excluding hydrogens is 200 g/mol. The summed E-state index contributed by atoms with van der Waals surface area (Å²) in [6.45, 7) is 4.39. The molecule has 1 rings (SSSR count). The summed E-state index contributed by atoms with van der Waals surface area (Å²) >= 11 is 0. The van der Waals surface area contributed by atoms with Crippen molar-refractivity contribution in [3.8, 4) is 18.1 Å². The van der Waals surface area contributed by atoms with Crippen LogP contribution in [-0.4, -0.2) is 12.4 Å². The number of terminal acetylenes is 1. The Bertz CT molecular complexity index is 413. The lowest BCUT2D eigenvalue weighted by Crippen LogP contribution is -2.05. The molecule has 84 valence electrons. The summed E-state index contributed by atoms with van der Waals surface area (Å²) in [4.78, 5) is 11.9. The van der Waals surface area contributed by atoms with Crippen LogP contribution in [0.3, 0.4) is 0 Å². The van der Waals surface area contributed by atoms with Crippen molar-refractivity contribution < 1.29 is 9.53 Å². The van der Waals surface area contributed by atoms with Gasteiger partial charge in [-0.15, -0.1) is 12.3 Å². The highest BCUT2D eigenvalue weighted by Gasteiger charge is 2.13. The SMILES string of the molecule is C#CCCC(=O)c1cccc(C)c1OCC. The van der Waals surface area contributed by atoms with Crippen LogP contribution in [0.15, 0.2) is 18.2 Å². The molecule has 2 nitrogen and oxygen atoms in total. The summed E-state index contributed by atoms with van der Waals surface area (Å²) in [7, 11) is 0. The Kier molecular flexibility index (Phi) is 4.60. The van der Waals surface area contributed by atoms with E-state index in [-0.39, 0.29) is 5.78 Å². The number of rotatable bonds is 5. The van der Waals surface area contributed by atoms with Crippen molar-refractivity contribution in [3.63, 3.8) is 0 Å². The molecule has 16 heavy (non-hydrogen) atoms. The first-order chi connectivity index (χ1) is 7.70. The minimum Gasteiger partial charge on any atom is -0.493 e. The van der Waals surface area contributed by atoms with Gasteiger partial charge in [0.1, 0.15) is 5.75 Å². The normalized spacial score (nSPS) is 9.56. The number of aryl methyl sites for hydroxylation is 1. The fourth-order valence-electron chi connectivity index (χ4n) is 1.53. The van der Waals surface area contributed by atoms with Crippen molar-refractivity contribution in [1.82, 2.24) is 0 Å². The highest BCUT2D eigenvalue weighted by atomic mass is 16.5. The molecule has 0 amide bonds. The molecule has 1 aromatic carbocycles. The first kappa shape index (κ1) is 12.3. The van der Waals surface area contributed by atoms with Crippen molar-refractivity contribution in [3.05, 3.63) is 29.3 Å². The summed E-state index contributed by atoms with van der Waals surface area (Å²) in [5.74, 6) is 3.21. The Hall–Kier alpha value is -1.75. The Morgan fingerprint density at radius 3 is 2.88 bits per heavy atom. The average Bonchev–Trinajstić information content (AvgIpc) is 2.29. The number of benzene rings is 1. The monoisotopic (exact) mass is 216 g/mol. The zero-order chi connectivity index (χ0) is 12.0. The molecule has 0 heterocycles. The van der Waals surface area contributed by atoms with Crippen LogP contribution in [0.1, 0.15) is 35.7 Å². The molecule has 0 aliphatic heterocycles. The van der Waals surface area contributed by atoms with E-state index in [4.69, 9.17) is 11.2 Å². The van der Waals surface area contributed by atoms with Gasteiger partial charge in [0.05, 0.1) is 12.2 Å². The lowest BCUT2D eigenvalue weighted by Gasteiger charge is -2.11. The van der Waals surface area contributed by atoms with E-state index in [1.807, 2.05) is 26.0 Å². The number of ether oxygens (including phenoxy) is 1. The van der Waals surface area contributed by atoms with Crippen molar-refractivity contribution in [2.24, 2.45) is 0 Å². The first-order valence-corrected chi connectivity index (χ1v) is 5.39. The molecule has 0 bridgehead atoms. The first-order valence-electron chi connectivity index (χ1n) is 5.39. The molecule has 1 aromatic rings. The lowest BCUT2D eigenvalue weighted by atomic mass is 10.0. The van der Waals surface area contributed by atoms with Crippen LogP contribution in [0.25, 0.3) is 0 Å². The van der Waals surface area contributed by atoms with E-state index in [1.54, 1.807) is 6.07 Å². The molecule has 0 aliphatic carbocycles. The summed E-state index contributed by atoms with van der Waals surface area (Å²) in [6, 6.07) is 5.58. The third-order valence-electron chi connectivity index (χ3n) is 2.30. The van der Waals surface area contributed by atoms with Crippen LogP contribution in [-0.2, 0) is 0 Å². The summed E-state index contributed by atoms with van der Waals surface area (Å²) < 4.78 is 5.50. The second kappa shape index (κ2) is 5.97. The predicted octanol–water partition coefficient (Wildman–Crippen LogP) is 2.99. The second-order valence-electron chi connectivity index (χ2n) is 3.51. The Balaban J connectivity index is 2.98. The molecule has 0 saturated carbocycles. The molecule has 2 heteroatoms. The van der Waals surface area contributed by atoms with Crippen LogP contribution >= 0.6 is 0 Å². The maximum absolute atomic E-state index is 11.9. The van der Waals surface area contributed by atoms with Gasteiger partial charge in [-0.3, -0.25) is 4.79 Å². The van der Waals surface area contributed by atoms with E-state index < -0.39 is 0 Å². The van der Waals surface area contributed by atoms with Crippen LogP contribution in [0, 0.1) is 19.3 Å². The van der Waals surface area contributed by atoms with Gasteiger partial charge in [0.15, 0.2) is 5.78 Å². The van der Waals surface area contributed by atoms with Gasteiger partial charge in [-0.1, -0.05) is 12.1 Å². The topological polar surface area (TPSA) is 26.3 Å². The fraction of sp³-hybridized carbons (Fsp3) is 0.357. The smallest absolute Gasteiger partial charge is 0.167 e. The molecule has 0 aliphatic rings. The van der Waals surface area contributed by atoms with Gasteiger partial charge in [-0.2, -0.15) is 0 Å².